The summed E-state index contributed by atoms with van der Waals surface area (Å²) in [4.78, 5) is 16.0. The molecule has 116 valence electrons. The molecule has 0 unspecified atom stereocenters. The van der Waals surface area contributed by atoms with Crippen LogP contribution in [-0.2, 0) is 11.3 Å². The summed E-state index contributed by atoms with van der Waals surface area (Å²) in [6.45, 7) is 0.393. The number of nitrogens with one attached hydrogen (secondary N) is 2. The van der Waals surface area contributed by atoms with Crippen molar-refractivity contribution in [2.24, 2.45) is 5.73 Å². The molecule has 1 aromatic heterocycles. The Morgan fingerprint density at radius 3 is 2.82 bits per heavy atom. The monoisotopic (exact) mass is 318 g/mol. The van der Waals surface area contributed by atoms with E-state index >= 15 is 0 Å². The average Bonchev–Trinajstić information content (AvgIpc) is 2.54. The first-order valence-electron chi connectivity index (χ1n) is 7.00. The summed E-state index contributed by atoms with van der Waals surface area (Å²) in [5.74, 6) is 0.633. The van der Waals surface area contributed by atoms with Gasteiger partial charge in [-0.2, -0.15) is 0 Å². The number of carbonyl (C=O) groups excluding carboxylic acids is 1. The highest BCUT2D eigenvalue weighted by Gasteiger charge is 2.17. The molecule has 0 aliphatic rings. The average molecular weight is 319 g/mol. The molecule has 0 spiro atoms. The first-order chi connectivity index (χ1) is 10.6. The van der Waals surface area contributed by atoms with E-state index in [0.717, 1.165) is 11.1 Å². The number of rotatable bonds is 6. The molecular formula is C16H19ClN4O. The molecule has 1 atom stereocenters. The van der Waals surface area contributed by atoms with Gasteiger partial charge in [0.2, 0.25) is 5.91 Å². The van der Waals surface area contributed by atoms with E-state index in [-0.39, 0.29) is 18.4 Å². The zero-order valence-corrected chi connectivity index (χ0v) is 13.1. The molecule has 0 aliphatic carbocycles. The lowest BCUT2D eigenvalue weighted by Crippen LogP contribution is -2.24. The topological polar surface area (TPSA) is 80.0 Å². The van der Waals surface area contributed by atoms with Gasteiger partial charge in [0.1, 0.15) is 5.82 Å². The second-order valence-electron chi connectivity index (χ2n) is 4.89. The lowest BCUT2D eigenvalue weighted by atomic mass is 10.0. The van der Waals surface area contributed by atoms with Gasteiger partial charge >= 0.3 is 0 Å². The summed E-state index contributed by atoms with van der Waals surface area (Å²) in [6.07, 6.45) is 1.97. The van der Waals surface area contributed by atoms with Crippen molar-refractivity contribution in [3.63, 3.8) is 0 Å². The van der Waals surface area contributed by atoms with Crippen LogP contribution in [0.5, 0.6) is 0 Å². The van der Waals surface area contributed by atoms with Crippen molar-refractivity contribution in [1.29, 1.82) is 0 Å². The van der Waals surface area contributed by atoms with E-state index in [0.29, 0.717) is 17.4 Å². The Kier molecular flexibility index (Phi) is 5.75. The number of amides is 1. The van der Waals surface area contributed by atoms with Gasteiger partial charge in [0.15, 0.2) is 0 Å². The van der Waals surface area contributed by atoms with Crippen LogP contribution in [0, 0.1) is 0 Å². The van der Waals surface area contributed by atoms with E-state index in [1.54, 1.807) is 13.2 Å². The Balaban J connectivity index is 2.31. The van der Waals surface area contributed by atoms with Crippen molar-refractivity contribution in [2.45, 2.75) is 19.0 Å². The number of aromatic nitrogens is 1. The number of halogens is 1. The quantitative estimate of drug-likeness (QED) is 0.764. The van der Waals surface area contributed by atoms with E-state index in [2.05, 4.69) is 15.6 Å². The van der Waals surface area contributed by atoms with E-state index in [9.17, 15) is 4.79 Å². The van der Waals surface area contributed by atoms with Crippen LogP contribution in [0.4, 0.5) is 5.82 Å². The van der Waals surface area contributed by atoms with E-state index in [4.69, 9.17) is 17.3 Å². The number of carbonyl (C=O) groups is 1. The van der Waals surface area contributed by atoms with Gasteiger partial charge < -0.3 is 16.4 Å². The molecule has 1 heterocycles. The van der Waals surface area contributed by atoms with Crippen molar-refractivity contribution in [3.8, 4) is 0 Å². The minimum Gasteiger partial charge on any atom is -0.363 e. The van der Waals surface area contributed by atoms with Crippen molar-refractivity contribution >= 4 is 23.3 Å². The molecule has 4 N–H and O–H groups in total. The van der Waals surface area contributed by atoms with Crippen molar-refractivity contribution in [3.05, 3.63) is 58.7 Å². The molecule has 22 heavy (non-hydrogen) atoms. The first kappa shape index (κ1) is 16.3. The predicted octanol–water partition coefficient (Wildman–Crippen LogP) is 2.48. The van der Waals surface area contributed by atoms with Crippen LogP contribution in [0.15, 0.2) is 42.6 Å². The summed E-state index contributed by atoms with van der Waals surface area (Å²) in [5, 5.41) is 6.50. The lowest BCUT2D eigenvalue weighted by molar-refractivity contribution is -0.120. The molecule has 0 radical (unpaired) electrons. The number of hydrogen-bond acceptors (Lipinski definition) is 4. The number of pyridine rings is 1. The van der Waals surface area contributed by atoms with E-state index in [1.165, 1.54) is 0 Å². The van der Waals surface area contributed by atoms with Crippen LogP contribution < -0.4 is 16.4 Å². The van der Waals surface area contributed by atoms with Gasteiger partial charge in [0, 0.05) is 24.8 Å². The molecule has 5 nitrogen and oxygen atoms in total. The molecule has 0 saturated heterocycles. The zero-order valence-electron chi connectivity index (χ0n) is 12.3. The fraction of sp³-hybridized carbons (Fsp3) is 0.250. The van der Waals surface area contributed by atoms with Crippen LogP contribution in [0.3, 0.4) is 0 Å². The summed E-state index contributed by atoms with van der Waals surface area (Å²) >= 11 is 6.15. The Morgan fingerprint density at radius 1 is 1.36 bits per heavy atom. The van der Waals surface area contributed by atoms with Crippen LogP contribution in [0.2, 0.25) is 5.02 Å². The smallest absolute Gasteiger partial charge is 0.222 e. The lowest BCUT2D eigenvalue weighted by Gasteiger charge is -2.20. The molecule has 0 bridgehead atoms. The Labute approximate surface area is 134 Å². The molecule has 0 saturated carbocycles. The second-order valence-corrected chi connectivity index (χ2v) is 5.32. The maximum absolute atomic E-state index is 11.8. The van der Waals surface area contributed by atoms with Crippen molar-refractivity contribution < 1.29 is 4.79 Å². The summed E-state index contributed by atoms with van der Waals surface area (Å²) in [6, 6.07) is 11.0. The van der Waals surface area contributed by atoms with Gasteiger partial charge in [0.05, 0.1) is 12.5 Å². The van der Waals surface area contributed by atoms with Crippen LogP contribution >= 0.6 is 11.6 Å². The van der Waals surface area contributed by atoms with E-state index in [1.807, 2.05) is 36.4 Å². The third kappa shape index (κ3) is 4.44. The van der Waals surface area contributed by atoms with Gasteiger partial charge in [-0.1, -0.05) is 23.7 Å². The summed E-state index contributed by atoms with van der Waals surface area (Å²) in [5.41, 5.74) is 7.53. The SMILES string of the molecule is CNC(=O)C[C@H](Nc1ccccn1)c1cc(Cl)cc(CN)c1. The predicted molar refractivity (Wildman–Crippen MR) is 88.6 cm³/mol. The molecule has 2 rings (SSSR count). The summed E-state index contributed by atoms with van der Waals surface area (Å²) < 4.78 is 0. The number of nitrogens with zero attached hydrogens (tertiary/aromatic N) is 1. The molecule has 6 heteroatoms. The largest absolute Gasteiger partial charge is 0.363 e. The van der Waals surface area contributed by atoms with Gasteiger partial charge in [0.25, 0.3) is 0 Å². The third-order valence-corrected chi connectivity index (χ3v) is 3.49. The van der Waals surface area contributed by atoms with Gasteiger partial charge in [-0.15, -0.1) is 0 Å². The van der Waals surface area contributed by atoms with Crippen LogP contribution in [0.1, 0.15) is 23.6 Å². The molecule has 0 aliphatic heterocycles. The normalized spacial score (nSPS) is 11.8. The number of anilines is 1. The fourth-order valence-electron chi connectivity index (χ4n) is 2.16. The molecular weight excluding hydrogens is 300 g/mol. The van der Waals surface area contributed by atoms with Gasteiger partial charge in [-0.3, -0.25) is 4.79 Å². The van der Waals surface area contributed by atoms with Crippen LogP contribution in [0.25, 0.3) is 0 Å². The maximum Gasteiger partial charge on any atom is 0.222 e. The van der Waals surface area contributed by atoms with Crippen molar-refractivity contribution in [1.82, 2.24) is 10.3 Å². The molecule has 1 aromatic carbocycles. The van der Waals surface area contributed by atoms with Crippen LogP contribution in [-0.4, -0.2) is 17.9 Å². The molecule has 0 fully saturated rings. The molecule has 1 amide bonds. The highest BCUT2D eigenvalue weighted by atomic mass is 35.5. The van der Waals surface area contributed by atoms with E-state index < -0.39 is 0 Å². The highest BCUT2D eigenvalue weighted by molar-refractivity contribution is 6.30. The Bertz CT molecular complexity index is 633. The Morgan fingerprint density at radius 2 is 2.18 bits per heavy atom. The van der Waals surface area contributed by atoms with Gasteiger partial charge in [-0.25, -0.2) is 4.98 Å². The zero-order chi connectivity index (χ0) is 15.9. The van der Waals surface area contributed by atoms with Gasteiger partial charge in [-0.05, 0) is 35.4 Å². The standard InChI is InChI=1S/C16H19ClN4O/c1-19-16(22)9-14(21-15-4-2-3-5-20-15)12-6-11(10-18)7-13(17)8-12/h2-8,14H,9-10,18H2,1H3,(H,19,22)(H,20,21)/t14-/m0/s1. The highest BCUT2D eigenvalue weighted by Crippen LogP contribution is 2.26. The second kappa shape index (κ2) is 7.77. The third-order valence-electron chi connectivity index (χ3n) is 3.27. The maximum atomic E-state index is 11.8. The minimum absolute atomic E-state index is 0.0669. The minimum atomic E-state index is -0.237. The number of benzene rings is 1. The Hall–Kier alpha value is -2.11. The molecule has 2 aromatic rings. The fourth-order valence-corrected chi connectivity index (χ4v) is 2.43. The number of nitrogens with two attached hydrogens (primary N) is 1. The summed E-state index contributed by atoms with van der Waals surface area (Å²) in [7, 11) is 1.61. The first-order valence-corrected chi connectivity index (χ1v) is 7.37. The van der Waals surface area contributed by atoms with Crippen molar-refractivity contribution in [2.75, 3.05) is 12.4 Å². The number of hydrogen-bond donors (Lipinski definition) is 3.